The number of hydrogen-bond donors (Lipinski definition) is 0. The molecule has 1 fully saturated rings. The molecule has 4 aromatic carbocycles. The number of ether oxygens (including phenoxy) is 2. The molecule has 0 spiro atoms. The Morgan fingerprint density at radius 2 is 1.74 bits per heavy atom. The lowest BCUT2D eigenvalue weighted by Gasteiger charge is -2.15. The summed E-state index contributed by atoms with van der Waals surface area (Å²) in [6, 6.07) is 27.8. The molecule has 5 rings (SSSR count). The van der Waals surface area contributed by atoms with Crippen LogP contribution in [0.3, 0.4) is 0 Å². The van der Waals surface area contributed by atoms with Gasteiger partial charge >= 0.3 is 0 Å². The van der Waals surface area contributed by atoms with Gasteiger partial charge in [-0.2, -0.15) is 0 Å². The van der Waals surface area contributed by atoms with Gasteiger partial charge in [0, 0.05) is 0 Å². The average molecular weight is 610 g/mol. The maximum Gasteiger partial charge on any atom is 0.270 e. The van der Waals surface area contributed by atoms with Gasteiger partial charge in [-0.15, -0.1) is 0 Å². The van der Waals surface area contributed by atoms with Crippen LogP contribution < -0.4 is 14.4 Å². The van der Waals surface area contributed by atoms with Crippen molar-refractivity contribution in [1.82, 2.24) is 0 Å². The van der Waals surface area contributed by atoms with Crippen LogP contribution in [0, 0.1) is 3.57 Å². The Balaban J connectivity index is 1.40. The van der Waals surface area contributed by atoms with Crippen LogP contribution in [-0.2, 0) is 11.4 Å². The Bertz CT molecular complexity index is 1460. The van der Waals surface area contributed by atoms with E-state index in [1.807, 2.05) is 66.7 Å². The molecule has 0 unspecified atom stereocenters. The first-order chi connectivity index (χ1) is 17.0. The Morgan fingerprint density at radius 1 is 1.00 bits per heavy atom. The average Bonchev–Trinajstić information content (AvgIpc) is 3.15. The second kappa shape index (κ2) is 10.4. The van der Waals surface area contributed by atoms with Gasteiger partial charge in [0.2, 0.25) is 0 Å². The number of thiocarbonyl (C=S) groups is 1. The Kier molecular flexibility index (Phi) is 7.08. The van der Waals surface area contributed by atoms with Crippen molar-refractivity contribution in [2.24, 2.45) is 0 Å². The molecular formula is C28H20INO3S2. The molecule has 0 bridgehead atoms. The molecule has 1 saturated heterocycles. The van der Waals surface area contributed by atoms with E-state index in [4.69, 9.17) is 21.7 Å². The van der Waals surface area contributed by atoms with Crippen LogP contribution in [-0.4, -0.2) is 17.3 Å². The second-order valence-electron chi connectivity index (χ2n) is 7.81. The maximum atomic E-state index is 13.1. The molecule has 174 valence electrons. The van der Waals surface area contributed by atoms with Crippen LogP contribution >= 0.6 is 46.6 Å². The molecule has 1 aliphatic heterocycles. The van der Waals surface area contributed by atoms with E-state index >= 15 is 0 Å². The zero-order chi connectivity index (χ0) is 24.4. The molecule has 7 heteroatoms. The summed E-state index contributed by atoms with van der Waals surface area (Å²) in [5, 5.41) is 2.35. The van der Waals surface area contributed by atoms with E-state index in [2.05, 4.69) is 46.9 Å². The minimum absolute atomic E-state index is 0.128. The van der Waals surface area contributed by atoms with Gasteiger partial charge in [0.05, 0.1) is 21.3 Å². The summed E-state index contributed by atoms with van der Waals surface area (Å²) >= 11 is 9.02. The van der Waals surface area contributed by atoms with Crippen LogP contribution in [0.1, 0.15) is 11.1 Å². The van der Waals surface area contributed by atoms with Crippen molar-refractivity contribution in [3.05, 3.63) is 105 Å². The number of carbonyl (C=O) groups excluding carboxylic acids is 1. The summed E-state index contributed by atoms with van der Waals surface area (Å²) in [6.45, 7) is 0.419. The van der Waals surface area contributed by atoms with E-state index in [0.29, 0.717) is 27.3 Å². The molecule has 1 aliphatic rings. The lowest BCUT2D eigenvalue weighted by Crippen LogP contribution is -2.27. The van der Waals surface area contributed by atoms with Crippen molar-refractivity contribution in [2.45, 2.75) is 6.61 Å². The number of thioether (sulfide) groups is 1. The molecule has 0 radical (unpaired) electrons. The number of nitrogens with zero attached hydrogens (tertiary/aromatic N) is 1. The van der Waals surface area contributed by atoms with Crippen molar-refractivity contribution in [3.63, 3.8) is 0 Å². The van der Waals surface area contributed by atoms with Crippen LogP contribution in [0.2, 0.25) is 0 Å². The summed E-state index contributed by atoms with van der Waals surface area (Å²) in [4.78, 5) is 15.2. The third-order valence-corrected chi connectivity index (χ3v) is 7.71. The lowest BCUT2D eigenvalue weighted by molar-refractivity contribution is -0.113. The number of amides is 1. The zero-order valence-corrected chi connectivity index (χ0v) is 22.5. The van der Waals surface area contributed by atoms with Crippen molar-refractivity contribution in [2.75, 3.05) is 12.0 Å². The van der Waals surface area contributed by atoms with Crippen LogP contribution in [0.4, 0.5) is 5.69 Å². The number of hydrogen-bond acceptors (Lipinski definition) is 5. The van der Waals surface area contributed by atoms with Crippen LogP contribution in [0.25, 0.3) is 16.8 Å². The van der Waals surface area contributed by atoms with Crippen LogP contribution in [0.15, 0.2) is 89.8 Å². The standard InChI is InChI=1S/C28H20INO3S2/c1-32-24-15-18(16-25-27(31)30(28(34)35-25)21-11-3-2-4-12-21)14-23(29)26(24)33-17-20-10-7-9-19-8-5-6-13-22(19)20/h2-16H,17H2,1H3. The number of carbonyl (C=O) groups is 1. The molecule has 4 aromatic rings. The van der Waals surface area contributed by atoms with Gasteiger partial charge < -0.3 is 9.47 Å². The van der Waals surface area contributed by atoms with Crippen LogP contribution in [0.5, 0.6) is 11.5 Å². The van der Waals surface area contributed by atoms with Gasteiger partial charge in [0.25, 0.3) is 5.91 Å². The zero-order valence-electron chi connectivity index (χ0n) is 18.7. The van der Waals surface area contributed by atoms with E-state index in [9.17, 15) is 4.79 Å². The minimum Gasteiger partial charge on any atom is -0.493 e. The number of methoxy groups -OCH3 is 1. The highest BCUT2D eigenvalue weighted by Gasteiger charge is 2.33. The first kappa shape index (κ1) is 23.8. The van der Waals surface area contributed by atoms with Gasteiger partial charge in [-0.1, -0.05) is 84.6 Å². The van der Waals surface area contributed by atoms with Gasteiger partial charge in [-0.25, -0.2) is 0 Å². The second-order valence-corrected chi connectivity index (χ2v) is 10.7. The quantitative estimate of drug-likeness (QED) is 0.129. The summed E-state index contributed by atoms with van der Waals surface area (Å²) in [6.07, 6.45) is 1.85. The van der Waals surface area contributed by atoms with E-state index in [0.717, 1.165) is 20.4 Å². The molecule has 35 heavy (non-hydrogen) atoms. The van der Waals surface area contributed by atoms with Gasteiger partial charge in [-0.3, -0.25) is 9.69 Å². The molecule has 4 nitrogen and oxygen atoms in total. The van der Waals surface area contributed by atoms with Crippen molar-refractivity contribution in [3.8, 4) is 11.5 Å². The smallest absolute Gasteiger partial charge is 0.270 e. The van der Waals surface area contributed by atoms with Crippen molar-refractivity contribution >= 4 is 79.3 Å². The van der Waals surface area contributed by atoms with Crippen molar-refractivity contribution in [1.29, 1.82) is 0 Å². The molecule has 0 atom stereocenters. The Morgan fingerprint density at radius 3 is 2.54 bits per heavy atom. The molecule has 0 N–H and O–H groups in total. The molecule has 0 aliphatic carbocycles. The van der Waals surface area contributed by atoms with E-state index < -0.39 is 0 Å². The highest BCUT2D eigenvalue weighted by atomic mass is 127. The summed E-state index contributed by atoms with van der Waals surface area (Å²) < 4.78 is 13.3. The minimum atomic E-state index is -0.128. The number of halogens is 1. The molecule has 0 aromatic heterocycles. The predicted octanol–water partition coefficient (Wildman–Crippen LogP) is 7.44. The highest BCUT2D eigenvalue weighted by molar-refractivity contribution is 14.1. The molecule has 1 amide bonds. The largest absolute Gasteiger partial charge is 0.493 e. The van der Waals surface area contributed by atoms with E-state index in [1.165, 1.54) is 22.5 Å². The summed E-state index contributed by atoms with van der Waals surface area (Å²) in [7, 11) is 1.62. The Labute approximate surface area is 227 Å². The third kappa shape index (κ3) is 4.94. The van der Waals surface area contributed by atoms with Gasteiger partial charge in [-0.05, 0) is 74.8 Å². The normalized spacial score (nSPS) is 14.7. The number of rotatable bonds is 6. The molecule has 1 heterocycles. The van der Waals surface area contributed by atoms with E-state index in [1.54, 1.807) is 12.0 Å². The summed E-state index contributed by atoms with van der Waals surface area (Å²) in [5.41, 5.74) is 2.72. The lowest BCUT2D eigenvalue weighted by atomic mass is 10.1. The fourth-order valence-corrected chi connectivity index (χ4v) is 6.03. The van der Waals surface area contributed by atoms with Gasteiger partial charge in [0.15, 0.2) is 15.8 Å². The molecule has 0 saturated carbocycles. The monoisotopic (exact) mass is 609 g/mol. The number of fused-ring (bicyclic) bond motifs is 1. The van der Waals surface area contributed by atoms with Gasteiger partial charge in [0.1, 0.15) is 6.61 Å². The highest BCUT2D eigenvalue weighted by Crippen LogP contribution is 2.39. The predicted molar refractivity (Wildman–Crippen MR) is 156 cm³/mol. The number of benzene rings is 4. The van der Waals surface area contributed by atoms with Crippen molar-refractivity contribution < 1.29 is 14.3 Å². The fraction of sp³-hybridized carbons (Fsp3) is 0.0714. The molecular weight excluding hydrogens is 589 g/mol. The first-order valence-corrected chi connectivity index (χ1v) is 13.2. The first-order valence-electron chi connectivity index (χ1n) is 10.8. The van der Waals surface area contributed by atoms with E-state index in [-0.39, 0.29) is 5.91 Å². The fourth-order valence-electron chi connectivity index (χ4n) is 3.95. The SMILES string of the molecule is COc1cc(C=C2SC(=S)N(c3ccccc3)C2=O)cc(I)c1OCc1cccc2ccccc12. The summed E-state index contributed by atoms with van der Waals surface area (Å²) in [5.74, 6) is 1.16. The number of para-hydroxylation sites is 1. The third-order valence-electron chi connectivity index (χ3n) is 5.61. The maximum absolute atomic E-state index is 13.1. The topological polar surface area (TPSA) is 38.8 Å². The number of anilines is 1. The Hall–Kier alpha value is -2.88.